The SMILES string of the molecule is CCOc1ccc(N2C(=O)/C(=C/c3ccc4c(c3)OCO4)N(C)C2=S)cc1. The first-order chi connectivity index (χ1) is 13.1. The summed E-state index contributed by atoms with van der Waals surface area (Å²) < 4.78 is 16.2. The smallest absolute Gasteiger partial charge is 0.281 e. The largest absolute Gasteiger partial charge is 0.494 e. The molecule has 6 nitrogen and oxygen atoms in total. The first-order valence-corrected chi connectivity index (χ1v) is 8.95. The number of carbonyl (C=O) groups is 1. The highest BCUT2D eigenvalue weighted by Crippen LogP contribution is 2.34. The van der Waals surface area contributed by atoms with Crippen molar-refractivity contribution < 1.29 is 19.0 Å². The number of amides is 1. The van der Waals surface area contributed by atoms with Crippen molar-refractivity contribution in [2.45, 2.75) is 6.92 Å². The van der Waals surface area contributed by atoms with Gasteiger partial charge in [0, 0.05) is 7.05 Å². The lowest BCUT2D eigenvalue weighted by atomic mass is 10.1. The molecule has 2 aromatic rings. The van der Waals surface area contributed by atoms with Crippen molar-refractivity contribution in [3.8, 4) is 17.2 Å². The third-order valence-corrected chi connectivity index (χ3v) is 4.82. The van der Waals surface area contributed by atoms with E-state index in [0.29, 0.717) is 34.6 Å². The second-order valence-corrected chi connectivity index (χ2v) is 6.42. The lowest BCUT2D eigenvalue weighted by Crippen LogP contribution is -2.31. The van der Waals surface area contributed by atoms with Gasteiger partial charge in [0.25, 0.3) is 5.91 Å². The van der Waals surface area contributed by atoms with E-state index in [1.807, 2.05) is 49.4 Å². The van der Waals surface area contributed by atoms with E-state index in [-0.39, 0.29) is 12.7 Å². The minimum absolute atomic E-state index is 0.177. The summed E-state index contributed by atoms with van der Waals surface area (Å²) in [5.41, 5.74) is 2.04. The highest BCUT2D eigenvalue weighted by Gasteiger charge is 2.36. The number of benzene rings is 2. The van der Waals surface area contributed by atoms with E-state index in [1.165, 1.54) is 4.90 Å². The highest BCUT2D eigenvalue weighted by molar-refractivity contribution is 7.80. The Hall–Kier alpha value is -3.06. The molecule has 0 unspecified atom stereocenters. The summed E-state index contributed by atoms with van der Waals surface area (Å²) in [7, 11) is 1.79. The van der Waals surface area contributed by atoms with Crippen LogP contribution in [0.15, 0.2) is 48.2 Å². The van der Waals surface area contributed by atoms with Crippen LogP contribution < -0.4 is 19.1 Å². The van der Waals surface area contributed by atoms with Crippen molar-refractivity contribution in [1.29, 1.82) is 0 Å². The van der Waals surface area contributed by atoms with Crippen LogP contribution in [0.2, 0.25) is 0 Å². The summed E-state index contributed by atoms with van der Waals surface area (Å²) in [5, 5.41) is 0.427. The van der Waals surface area contributed by atoms with Crippen LogP contribution >= 0.6 is 12.2 Å². The summed E-state index contributed by atoms with van der Waals surface area (Å²) in [6.45, 7) is 2.73. The molecule has 0 N–H and O–H groups in total. The quantitative estimate of drug-likeness (QED) is 0.597. The average molecular weight is 382 g/mol. The van der Waals surface area contributed by atoms with Crippen LogP contribution in [-0.4, -0.2) is 36.4 Å². The summed E-state index contributed by atoms with van der Waals surface area (Å²) in [4.78, 5) is 16.2. The third kappa shape index (κ3) is 3.10. The molecule has 2 aromatic carbocycles. The van der Waals surface area contributed by atoms with Gasteiger partial charge in [-0.3, -0.25) is 9.69 Å². The molecule has 1 amide bonds. The van der Waals surface area contributed by atoms with Crippen LogP contribution in [0.25, 0.3) is 6.08 Å². The molecule has 7 heteroatoms. The Balaban J connectivity index is 1.64. The van der Waals surface area contributed by atoms with E-state index in [4.69, 9.17) is 26.4 Å². The minimum Gasteiger partial charge on any atom is -0.494 e. The fourth-order valence-corrected chi connectivity index (χ4v) is 3.29. The van der Waals surface area contributed by atoms with Gasteiger partial charge in [-0.25, -0.2) is 0 Å². The van der Waals surface area contributed by atoms with E-state index in [2.05, 4.69) is 0 Å². The van der Waals surface area contributed by atoms with Crippen molar-refractivity contribution in [1.82, 2.24) is 4.90 Å². The molecular weight excluding hydrogens is 364 g/mol. The fraction of sp³-hybridized carbons (Fsp3) is 0.200. The van der Waals surface area contributed by atoms with Crippen molar-refractivity contribution in [3.63, 3.8) is 0 Å². The van der Waals surface area contributed by atoms with Crippen molar-refractivity contribution >= 4 is 35.0 Å². The molecular formula is C20H18N2O4S. The number of carbonyl (C=O) groups excluding carboxylic acids is 1. The lowest BCUT2D eigenvalue weighted by molar-refractivity contribution is -0.114. The van der Waals surface area contributed by atoms with Gasteiger partial charge < -0.3 is 19.1 Å². The molecule has 1 saturated heterocycles. The minimum atomic E-state index is -0.177. The van der Waals surface area contributed by atoms with Crippen LogP contribution in [0.5, 0.6) is 17.2 Å². The van der Waals surface area contributed by atoms with E-state index in [0.717, 1.165) is 11.3 Å². The molecule has 0 atom stereocenters. The van der Waals surface area contributed by atoms with Crippen molar-refractivity contribution in [2.75, 3.05) is 25.3 Å². The average Bonchev–Trinajstić information content (AvgIpc) is 3.22. The van der Waals surface area contributed by atoms with Gasteiger partial charge in [0.05, 0.1) is 12.3 Å². The second kappa shape index (κ2) is 6.92. The Morgan fingerprint density at radius 3 is 2.63 bits per heavy atom. The number of hydrogen-bond donors (Lipinski definition) is 0. The Morgan fingerprint density at radius 1 is 1.15 bits per heavy atom. The monoisotopic (exact) mass is 382 g/mol. The highest BCUT2D eigenvalue weighted by atomic mass is 32.1. The Labute approximate surface area is 162 Å². The van der Waals surface area contributed by atoms with E-state index in [9.17, 15) is 4.79 Å². The maximum Gasteiger partial charge on any atom is 0.281 e. The molecule has 1 fully saturated rings. The third-order valence-electron chi connectivity index (χ3n) is 4.37. The molecule has 27 heavy (non-hydrogen) atoms. The van der Waals surface area contributed by atoms with Crippen molar-refractivity contribution in [2.24, 2.45) is 0 Å². The van der Waals surface area contributed by atoms with Gasteiger partial charge >= 0.3 is 0 Å². The Kier molecular flexibility index (Phi) is 4.45. The van der Waals surface area contributed by atoms with E-state index >= 15 is 0 Å². The molecule has 0 bridgehead atoms. The maximum atomic E-state index is 13.0. The molecule has 0 aromatic heterocycles. The predicted molar refractivity (Wildman–Crippen MR) is 106 cm³/mol. The summed E-state index contributed by atoms with van der Waals surface area (Å²) in [6.07, 6.45) is 1.80. The van der Waals surface area contributed by atoms with Crippen LogP contribution in [0.3, 0.4) is 0 Å². The predicted octanol–water partition coefficient (Wildman–Crippen LogP) is 3.42. The van der Waals surface area contributed by atoms with E-state index < -0.39 is 0 Å². The Bertz CT molecular complexity index is 939. The van der Waals surface area contributed by atoms with E-state index in [1.54, 1.807) is 18.0 Å². The molecule has 0 aliphatic carbocycles. The normalized spacial score (nSPS) is 17.2. The number of likely N-dealkylation sites (N-methyl/N-ethyl adjacent to an activating group) is 1. The number of ether oxygens (including phenoxy) is 3. The lowest BCUT2D eigenvalue weighted by Gasteiger charge is -2.16. The van der Waals surface area contributed by atoms with Gasteiger partial charge in [-0.1, -0.05) is 6.07 Å². The summed E-state index contributed by atoms with van der Waals surface area (Å²) in [6, 6.07) is 12.9. The van der Waals surface area contributed by atoms with Gasteiger partial charge in [-0.2, -0.15) is 0 Å². The van der Waals surface area contributed by atoms with Gasteiger partial charge in [0.15, 0.2) is 16.6 Å². The molecule has 138 valence electrons. The van der Waals surface area contributed by atoms with Gasteiger partial charge in [-0.15, -0.1) is 0 Å². The molecule has 0 saturated carbocycles. The molecule has 2 aliphatic heterocycles. The van der Waals surface area contributed by atoms with Gasteiger partial charge in [0.2, 0.25) is 6.79 Å². The number of hydrogen-bond acceptors (Lipinski definition) is 5. The van der Waals surface area contributed by atoms with Crippen molar-refractivity contribution in [3.05, 3.63) is 53.7 Å². The number of thiocarbonyl (C=S) groups is 1. The number of rotatable bonds is 4. The summed E-state index contributed by atoms with van der Waals surface area (Å²) >= 11 is 5.49. The van der Waals surface area contributed by atoms with Crippen LogP contribution in [-0.2, 0) is 4.79 Å². The first-order valence-electron chi connectivity index (χ1n) is 8.55. The zero-order valence-corrected chi connectivity index (χ0v) is 15.8. The zero-order valence-electron chi connectivity index (χ0n) is 15.0. The number of fused-ring (bicyclic) bond motifs is 1. The van der Waals surface area contributed by atoms with Crippen LogP contribution in [0.4, 0.5) is 5.69 Å². The fourth-order valence-electron chi connectivity index (χ4n) is 3.00. The molecule has 4 rings (SSSR count). The Morgan fingerprint density at radius 2 is 1.89 bits per heavy atom. The molecule has 2 aliphatic rings. The number of anilines is 1. The zero-order chi connectivity index (χ0) is 19.0. The standard InChI is InChI=1S/C20H18N2O4S/c1-3-24-15-7-5-14(6-8-15)22-19(23)16(21(2)20(22)27)10-13-4-9-17-18(11-13)26-12-25-17/h4-11H,3,12H2,1-2H3/b16-10-. The molecule has 0 radical (unpaired) electrons. The number of nitrogens with zero attached hydrogens (tertiary/aromatic N) is 2. The van der Waals surface area contributed by atoms with Gasteiger partial charge in [-0.05, 0) is 67.2 Å². The van der Waals surface area contributed by atoms with Gasteiger partial charge in [0.1, 0.15) is 11.4 Å². The van der Waals surface area contributed by atoms with Crippen LogP contribution in [0, 0.1) is 0 Å². The first kappa shape index (κ1) is 17.4. The van der Waals surface area contributed by atoms with Crippen LogP contribution in [0.1, 0.15) is 12.5 Å². The second-order valence-electron chi connectivity index (χ2n) is 6.05. The maximum absolute atomic E-state index is 13.0. The summed E-state index contributed by atoms with van der Waals surface area (Å²) in [5.74, 6) is 1.95. The molecule has 0 spiro atoms. The molecule has 2 heterocycles. The topological polar surface area (TPSA) is 51.2 Å².